The lowest BCUT2D eigenvalue weighted by Gasteiger charge is -2.31. The maximum atomic E-state index is 14.5. The third-order valence-electron chi connectivity index (χ3n) is 5.45. The van der Waals surface area contributed by atoms with Crippen molar-refractivity contribution in [2.24, 2.45) is 5.92 Å². The van der Waals surface area contributed by atoms with Gasteiger partial charge in [0.2, 0.25) is 5.91 Å². The Hall–Kier alpha value is -2.45. The van der Waals surface area contributed by atoms with Crippen LogP contribution in [0.3, 0.4) is 0 Å². The van der Waals surface area contributed by atoms with E-state index < -0.39 is 0 Å². The molecular weight excluding hydrogens is 393 g/mol. The van der Waals surface area contributed by atoms with Gasteiger partial charge < -0.3 is 19.9 Å². The number of hydrogen-bond donors (Lipinski definition) is 1. The van der Waals surface area contributed by atoms with Gasteiger partial charge >= 0.3 is 0 Å². The topological polar surface area (TPSA) is 61.9 Å². The van der Waals surface area contributed by atoms with Gasteiger partial charge in [0.15, 0.2) is 0 Å². The van der Waals surface area contributed by atoms with E-state index in [-0.39, 0.29) is 23.5 Å². The molecule has 2 aliphatic rings. The van der Waals surface area contributed by atoms with Crippen LogP contribution in [0.1, 0.15) is 22.5 Å². The number of nitrogens with zero attached hydrogens (tertiary/aromatic N) is 2. The molecule has 8 heteroatoms. The van der Waals surface area contributed by atoms with Crippen molar-refractivity contribution >= 4 is 34.5 Å². The molecule has 1 aromatic heterocycles. The Kier molecular flexibility index (Phi) is 6.10. The second-order valence-corrected chi connectivity index (χ2v) is 8.25. The lowest BCUT2D eigenvalue weighted by Crippen LogP contribution is -2.41. The minimum atomic E-state index is -0.346. The fourth-order valence-electron chi connectivity index (χ4n) is 3.79. The highest BCUT2D eigenvalue weighted by Crippen LogP contribution is 2.26. The second kappa shape index (κ2) is 8.92. The number of morpholine rings is 1. The zero-order chi connectivity index (χ0) is 20.2. The van der Waals surface area contributed by atoms with Crippen LogP contribution < -0.4 is 10.2 Å². The van der Waals surface area contributed by atoms with E-state index in [0.29, 0.717) is 63.6 Å². The zero-order valence-corrected chi connectivity index (χ0v) is 16.9. The van der Waals surface area contributed by atoms with E-state index >= 15 is 0 Å². The molecule has 2 aromatic rings. The molecule has 0 unspecified atom stereocenters. The van der Waals surface area contributed by atoms with E-state index in [1.165, 1.54) is 17.4 Å². The number of thiophene rings is 1. The van der Waals surface area contributed by atoms with Gasteiger partial charge in [0, 0.05) is 37.8 Å². The van der Waals surface area contributed by atoms with Crippen LogP contribution in [0.15, 0.2) is 35.7 Å². The summed E-state index contributed by atoms with van der Waals surface area (Å²) in [7, 11) is 0. The number of hydrogen-bond acceptors (Lipinski definition) is 5. The van der Waals surface area contributed by atoms with Gasteiger partial charge in [0.05, 0.1) is 23.8 Å². The molecule has 2 aliphatic heterocycles. The van der Waals surface area contributed by atoms with E-state index in [1.54, 1.807) is 17.0 Å². The first-order valence-corrected chi connectivity index (χ1v) is 10.8. The van der Waals surface area contributed by atoms with Gasteiger partial charge in [-0.15, -0.1) is 11.3 Å². The van der Waals surface area contributed by atoms with Gasteiger partial charge in [0.1, 0.15) is 5.82 Å². The predicted octanol–water partition coefficient (Wildman–Crippen LogP) is 3.21. The molecule has 2 amide bonds. The van der Waals surface area contributed by atoms with Gasteiger partial charge in [-0.3, -0.25) is 9.59 Å². The summed E-state index contributed by atoms with van der Waals surface area (Å²) in [4.78, 5) is 29.5. The lowest BCUT2D eigenvalue weighted by molar-refractivity contribution is -0.121. The molecule has 0 atom stereocenters. The summed E-state index contributed by atoms with van der Waals surface area (Å²) >= 11 is 1.43. The molecule has 0 bridgehead atoms. The lowest BCUT2D eigenvalue weighted by atomic mass is 9.95. The number of carbonyl (C=O) groups is 2. The molecule has 0 radical (unpaired) electrons. The van der Waals surface area contributed by atoms with Gasteiger partial charge in [-0.1, -0.05) is 6.07 Å². The fourth-order valence-corrected chi connectivity index (χ4v) is 4.48. The monoisotopic (exact) mass is 417 g/mol. The van der Waals surface area contributed by atoms with Crippen molar-refractivity contribution in [3.05, 3.63) is 46.4 Å². The van der Waals surface area contributed by atoms with Crippen molar-refractivity contribution < 1.29 is 18.7 Å². The van der Waals surface area contributed by atoms with Crippen LogP contribution in [0.4, 0.5) is 15.8 Å². The Morgan fingerprint density at radius 1 is 1.10 bits per heavy atom. The molecule has 1 aromatic carbocycles. The van der Waals surface area contributed by atoms with Gasteiger partial charge in [-0.25, -0.2) is 4.39 Å². The summed E-state index contributed by atoms with van der Waals surface area (Å²) in [5.74, 6) is -0.614. The maximum Gasteiger partial charge on any atom is 0.263 e. The van der Waals surface area contributed by atoms with E-state index in [9.17, 15) is 14.0 Å². The average Bonchev–Trinajstić information content (AvgIpc) is 3.29. The van der Waals surface area contributed by atoms with Crippen molar-refractivity contribution in [2.75, 3.05) is 49.6 Å². The van der Waals surface area contributed by atoms with E-state index in [1.807, 2.05) is 22.4 Å². The normalized spacial score (nSPS) is 18.0. The van der Waals surface area contributed by atoms with E-state index in [2.05, 4.69) is 5.32 Å². The molecule has 2 saturated heterocycles. The summed E-state index contributed by atoms with van der Waals surface area (Å²) in [6, 6.07) is 8.50. The van der Waals surface area contributed by atoms with Crippen LogP contribution in [0.5, 0.6) is 0 Å². The summed E-state index contributed by atoms with van der Waals surface area (Å²) in [6.07, 6.45) is 1.22. The van der Waals surface area contributed by atoms with Crippen LogP contribution in [0.25, 0.3) is 0 Å². The molecule has 29 heavy (non-hydrogen) atoms. The average molecular weight is 418 g/mol. The summed E-state index contributed by atoms with van der Waals surface area (Å²) < 4.78 is 19.8. The fraction of sp³-hybridized carbons (Fsp3) is 0.429. The molecule has 0 spiro atoms. The number of benzene rings is 1. The second-order valence-electron chi connectivity index (χ2n) is 7.30. The Balaban J connectivity index is 1.32. The number of ether oxygens (including phenoxy) is 1. The highest BCUT2D eigenvalue weighted by Gasteiger charge is 2.28. The first kappa shape index (κ1) is 19.8. The maximum absolute atomic E-state index is 14.5. The van der Waals surface area contributed by atoms with E-state index in [0.717, 1.165) is 4.88 Å². The first-order valence-electron chi connectivity index (χ1n) is 9.88. The summed E-state index contributed by atoms with van der Waals surface area (Å²) in [5.41, 5.74) is 0.994. The van der Waals surface area contributed by atoms with Crippen LogP contribution >= 0.6 is 11.3 Å². The molecule has 6 nitrogen and oxygen atoms in total. The van der Waals surface area contributed by atoms with Crippen LogP contribution in [0.2, 0.25) is 0 Å². The van der Waals surface area contributed by atoms with Crippen LogP contribution in [-0.4, -0.2) is 56.1 Å². The first-order chi connectivity index (χ1) is 14.1. The molecule has 1 N–H and O–H groups in total. The number of likely N-dealkylation sites (tertiary alicyclic amines) is 1. The van der Waals surface area contributed by atoms with Crippen molar-refractivity contribution in [2.45, 2.75) is 12.8 Å². The highest BCUT2D eigenvalue weighted by molar-refractivity contribution is 7.12. The molecule has 0 aliphatic carbocycles. The predicted molar refractivity (Wildman–Crippen MR) is 111 cm³/mol. The summed E-state index contributed by atoms with van der Waals surface area (Å²) in [5, 5.41) is 4.72. The third-order valence-corrected chi connectivity index (χ3v) is 6.31. The number of carbonyl (C=O) groups excluding carboxylic acids is 2. The Labute approximate surface area is 173 Å². The van der Waals surface area contributed by atoms with Crippen LogP contribution in [-0.2, 0) is 9.53 Å². The minimum absolute atomic E-state index is 0.0274. The SMILES string of the molecule is O=C(Nc1ccc(N2CCOCC2)c(F)c1)C1CCN(C(=O)c2cccs2)CC1. The largest absolute Gasteiger partial charge is 0.378 e. The Morgan fingerprint density at radius 3 is 2.52 bits per heavy atom. The Bertz CT molecular complexity index is 860. The Morgan fingerprint density at radius 2 is 1.86 bits per heavy atom. The quantitative estimate of drug-likeness (QED) is 0.830. The smallest absolute Gasteiger partial charge is 0.263 e. The molecule has 154 valence electrons. The van der Waals surface area contributed by atoms with Crippen molar-refractivity contribution in [1.82, 2.24) is 4.90 Å². The van der Waals surface area contributed by atoms with E-state index in [4.69, 9.17) is 4.74 Å². The standard InChI is InChI=1S/C21H24FN3O3S/c22-17-14-16(3-4-18(17)24-9-11-28-12-10-24)23-20(26)15-5-7-25(8-6-15)21(27)19-2-1-13-29-19/h1-4,13-15H,5-12H2,(H,23,26). The van der Waals surface area contributed by atoms with Crippen molar-refractivity contribution in [3.8, 4) is 0 Å². The zero-order valence-electron chi connectivity index (χ0n) is 16.1. The number of nitrogens with one attached hydrogen (secondary N) is 1. The number of anilines is 2. The molecular formula is C21H24FN3O3S. The minimum Gasteiger partial charge on any atom is -0.378 e. The molecule has 3 heterocycles. The van der Waals surface area contributed by atoms with Crippen molar-refractivity contribution in [1.29, 1.82) is 0 Å². The van der Waals surface area contributed by atoms with Gasteiger partial charge in [-0.05, 0) is 42.5 Å². The van der Waals surface area contributed by atoms with Crippen molar-refractivity contribution in [3.63, 3.8) is 0 Å². The number of amides is 2. The van der Waals surface area contributed by atoms with Crippen LogP contribution in [0, 0.1) is 11.7 Å². The highest BCUT2D eigenvalue weighted by atomic mass is 32.1. The van der Waals surface area contributed by atoms with Gasteiger partial charge in [0.25, 0.3) is 5.91 Å². The number of halogens is 1. The molecule has 0 saturated carbocycles. The number of rotatable bonds is 4. The van der Waals surface area contributed by atoms with Gasteiger partial charge in [-0.2, -0.15) is 0 Å². The molecule has 2 fully saturated rings. The third kappa shape index (κ3) is 4.59. The number of piperidine rings is 1. The molecule has 4 rings (SSSR count). The summed E-state index contributed by atoms with van der Waals surface area (Å²) in [6.45, 7) is 3.60.